The number of rotatable bonds is 3. The predicted molar refractivity (Wildman–Crippen MR) is 85.1 cm³/mol. The van der Waals surface area contributed by atoms with Gasteiger partial charge >= 0.3 is 0 Å². The Bertz CT molecular complexity index is 783. The third-order valence-electron chi connectivity index (χ3n) is 4.20. The quantitative estimate of drug-likeness (QED) is 0.802. The van der Waals surface area contributed by atoms with Gasteiger partial charge in [-0.25, -0.2) is 0 Å². The van der Waals surface area contributed by atoms with Crippen LogP contribution in [0.1, 0.15) is 28.6 Å². The lowest BCUT2D eigenvalue weighted by molar-refractivity contribution is 0.711. The van der Waals surface area contributed by atoms with Gasteiger partial charge in [-0.05, 0) is 42.8 Å². The Morgan fingerprint density at radius 2 is 2.05 bits per heavy atom. The van der Waals surface area contributed by atoms with E-state index in [1.165, 1.54) is 16.6 Å². The summed E-state index contributed by atoms with van der Waals surface area (Å²) in [6.07, 6.45) is 4.50. The minimum Gasteiger partial charge on any atom is -0.324 e. The Morgan fingerprint density at radius 1 is 1.24 bits per heavy atom. The zero-order chi connectivity index (χ0) is 15.0. The molecule has 4 nitrogen and oxygen atoms in total. The number of nitrogens with two attached hydrogens (primary N) is 1. The molecule has 2 N–H and O–H groups in total. The number of aromatic nitrogens is 3. The number of nitrogens with zero attached hydrogens (tertiary/aromatic N) is 3. The lowest BCUT2D eigenvalue weighted by Crippen LogP contribution is -2.14. The van der Waals surface area contributed by atoms with Crippen molar-refractivity contribution in [1.29, 1.82) is 0 Å². The van der Waals surface area contributed by atoms with Crippen molar-refractivity contribution in [2.24, 2.45) is 12.8 Å². The molecular formula is C17H20N4. The second-order valence-electron chi connectivity index (χ2n) is 5.53. The third kappa shape index (κ3) is 2.43. The highest BCUT2D eigenvalue weighted by Crippen LogP contribution is 2.26. The molecule has 3 rings (SSSR count). The minimum absolute atomic E-state index is 0.0560. The fourth-order valence-electron chi connectivity index (χ4n) is 2.90. The number of hydrogen-bond acceptors (Lipinski definition) is 3. The van der Waals surface area contributed by atoms with Gasteiger partial charge in [0, 0.05) is 36.6 Å². The van der Waals surface area contributed by atoms with Gasteiger partial charge in [0.15, 0.2) is 0 Å². The zero-order valence-corrected chi connectivity index (χ0v) is 12.7. The molecule has 2 heterocycles. The van der Waals surface area contributed by atoms with Gasteiger partial charge in [-0.15, -0.1) is 0 Å². The normalized spacial score (nSPS) is 12.8. The first-order valence-electron chi connectivity index (χ1n) is 7.15. The summed E-state index contributed by atoms with van der Waals surface area (Å²) >= 11 is 0. The molecule has 2 aromatic heterocycles. The van der Waals surface area contributed by atoms with E-state index in [1.54, 1.807) is 0 Å². The second-order valence-corrected chi connectivity index (χ2v) is 5.53. The fourth-order valence-corrected chi connectivity index (χ4v) is 2.90. The van der Waals surface area contributed by atoms with Crippen molar-refractivity contribution in [1.82, 2.24) is 14.8 Å². The summed E-state index contributed by atoms with van der Waals surface area (Å²) in [6.45, 7) is 4.13. The molecular weight excluding hydrogens is 260 g/mol. The molecule has 1 aromatic carbocycles. The first-order valence-corrected chi connectivity index (χ1v) is 7.15. The molecule has 21 heavy (non-hydrogen) atoms. The summed E-state index contributed by atoms with van der Waals surface area (Å²) in [7, 11) is 1.97. The van der Waals surface area contributed by atoms with E-state index in [2.05, 4.69) is 35.2 Å². The molecule has 1 unspecified atom stereocenters. The van der Waals surface area contributed by atoms with Gasteiger partial charge in [-0.3, -0.25) is 9.67 Å². The summed E-state index contributed by atoms with van der Waals surface area (Å²) in [6, 6.07) is 8.20. The van der Waals surface area contributed by atoms with Crippen molar-refractivity contribution in [3.63, 3.8) is 0 Å². The predicted octanol–water partition coefficient (Wildman–Crippen LogP) is 2.83. The molecule has 0 saturated carbocycles. The molecule has 0 amide bonds. The number of benzene rings is 1. The maximum absolute atomic E-state index is 6.48. The van der Waals surface area contributed by atoms with Gasteiger partial charge in [0.1, 0.15) is 0 Å². The van der Waals surface area contributed by atoms with E-state index in [1.807, 2.05) is 37.1 Å². The van der Waals surface area contributed by atoms with Gasteiger partial charge in [0.05, 0.1) is 5.69 Å². The van der Waals surface area contributed by atoms with Crippen LogP contribution in [0.2, 0.25) is 0 Å². The SMILES string of the molecule is Cc1nn(C)c(C)c1CC(N)c1cccc2ccncc12. The standard InChI is InChI=1S/C17H20N4/c1-11-15(12(2)21(3)20-11)9-17(18)14-6-4-5-13-7-8-19-10-16(13)14/h4-8,10,17H,9,18H2,1-3H3. The van der Waals surface area contributed by atoms with Gasteiger partial charge in [0.25, 0.3) is 0 Å². The van der Waals surface area contributed by atoms with Crippen LogP contribution in [0.3, 0.4) is 0 Å². The van der Waals surface area contributed by atoms with Gasteiger partial charge in [-0.1, -0.05) is 18.2 Å². The van der Waals surface area contributed by atoms with Crippen LogP contribution in [0.15, 0.2) is 36.7 Å². The van der Waals surface area contributed by atoms with Crippen molar-refractivity contribution < 1.29 is 0 Å². The molecule has 3 aromatic rings. The van der Waals surface area contributed by atoms with E-state index < -0.39 is 0 Å². The number of hydrogen-bond donors (Lipinski definition) is 1. The maximum Gasteiger partial charge on any atom is 0.0629 e. The molecule has 4 heteroatoms. The van der Waals surface area contributed by atoms with Crippen molar-refractivity contribution in [3.8, 4) is 0 Å². The summed E-state index contributed by atoms with van der Waals surface area (Å²) in [5, 5.41) is 6.78. The number of aryl methyl sites for hydroxylation is 2. The molecule has 0 aliphatic heterocycles. The Morgan fingerprint density at radius 3 is 2.76 bits per heavy atom. The zero-order valence-electron chi connectivity index (χ0n) is 12.7. The first-order chi connectivity index (χ1) is 10.1. The van der Waals surface area contributed by atoms with Crippen LogP contribution in [-0.2, 0) is 13.5 Å². The van der Waals surface area contributed by atoms with E-state index in [0.29, 0.717) is 0 Å². The van der Waals surface area contributed by atoms with Gasteiger partial charge in [0.2, 0.25) is 0 Å². The van der Waals surface area contributed by atoms with Crippen LogP contribution in [0.25, 0.3) is 10.8 Å². The summed E-state index contributed by atoms with van der Waals surface area (Å²) in [5.74, 6) is 0. The summed E-state index contributed by atoms with van der Waals surface area (Å²) in [5.41, 5.74) is 11.1. The Kier molecular flexibility index (Phi) is 3.47. The average Bonchev–Trinajstić information content (AvgIpc) is 2.73. The lowest BCUT2D eigenvalue weighted by Gasteiger charge is -2.15. The van der Waals surface area contributed by atoms with Crippen LogP contribution < -0.4 is 5.73 Å². The number of pyridine rings is 1. The first kappa shape index (κ1) is 13.8. The Labute approximate surface area is 124 Å². The topological polar surface area (TPSA) is 56.7 Å². The fraction of sp³-hybridized carbons (Fsp3) is 0.294. The van der Waals surface area contributed by atoms with Crippen molar-refractivity contribution in [2.75, 3.05) is 0 Å². The van der Waals surface area contributed by atoms with E-state index >= 15 is 0 Å². The summed E-state index contributed by atoms with van der Waals surface area (Å²) in [4.78, 5) is 4.23. The molecule has 0 fully saturated rings. The van der Waals surface area contributed by atoms with Crippen LogP contribution in [0, 0.1) is 13.8 Å². The van der Waals surface area contributed by atoms with Crippen molar-refractivity contribution in [3.05, 3.63) is 59.2 Å². The van der Waals surface area contributed by atoms with Crippen LogP contribution in [0.4, 0.5) is 0 Å². The smallest absolute Gasteiger partial charge is 0.0629 e. The lowest BCUT2D eigenvalue weighted by atomic mass is 9.95. The molecule has 0 spiro atoms. The molecule has 0 aliphatic rings. The minimum atomic E-state index is -0.0560. The molecule has 0 saturated heterocycles. The van der Waals surface area contributed by atoms with Crippen molar-refractivity contribution in [2.45, 2.75) is 26.3 Å². The van der Waals surface area contributed by atoms with Crippen LogP contribution in [-0.4, -0.2) is 14.8 Å². The van der Waals surface area contributed by atoms with Crippen molar-refractivity contribution >= 4 is 10.8 Å². The highest BCUT2D eigenvalue weighted by molar-refractivity contribution is 5.85. The molecule has 0 aliphatic carbocycles. The second kappa shape index (κ2) is 5.30. The highest BCUT2D eigenvalue weighted by atomic mass is 15.3. The van der Waals surface area contributed by atoms with E-state index in [4.69, 9.17) is 5.73 Å². The third-order valence-corrected chi connectivity index (χ3v) is 4.20. The Hall–Kier alpha value is -2.20. The largest absolute Gasteiger partial charge is 0.324 e. The van der Waals surface area contributed by atoms with Crippen LogP contribution in [0.5, 0.6) is 0 Å². The molecule has 108 valence electrons. The van der Waals surface area contributed by atoms with E-state index in [9.17, 15) is 0 Å². The average molecular weight is 280 g/mol. The van der Waals surface area contributed by atoms with Gasteiger partial charge < -0.3 is 5.73 Å². The van der Waals surface area contributed by atoms with Crippen LogP contribution >= 0.6 is 0 Å². The molecule has 1 atom stereocenters. The Balaban J connectivity index is 1.99. The van der Waals surface area contributed by atoms with Gasteiger partial charge in [-0.2, -0.15) is 5.10 Å². The highest BCUT2D eigenvalue weighted by Gasteiger charge is 2.16. The van der Waals surface area contributed by atoms with E-state index in [-0.39, 0.29) is 6.04 Å². The monoisotopic (exact) mass is 280 g/mol. The number of fused-ring (bicyclic) bond motifs is 1. The summed E-state index contributed by atoms with van der Waals surface area (Å²) < 4.78 is 1.92. The molecule has 0 bridgehead atoms. The molecule has 0 radical (unpaired) electrons. The van der Waals surface area contributed by atoms with E-state index in [0.717, 1.165) is 23.1 Å². The maximum atomic E-state index is 6.48.